The number of nitriles is 1. The summed E-state index contributed by atoms with van der Waals surface area (Å²) in [6.45, 7) is 2.28. The SMILES string of the molecule is CCOC(=O)c1ccc(NC(=O)/C(C#N)=C\NCC(OC)OC)cc1. The maximum atomic E-state index is 12.1. The molecular formula is C17H21N3O5. The zero-order valence-corrected chi connectivity index (χ0v) is 14.4. The lowest BCUT2D eigenvalue weighted by Crippen LogP contribution is -2.27. The van der Waals surface area contributed by atoms with E-state index in [9.17, 15) is 9.59 Å². The average molecular weight is 347 g/mol. The van der Waals surface area contributed by atoms with Crippen LogP contribution < -0.4 is 10.6 Å². The smallest absolute Gasteiger partial charge is 0.338 e. The molecule has 0 fully saturated rings. The first-order valence-electron chi connectivity index (χ1n) is 7.53. The first kappa shape index (κ1) is 20.2. The number of carbonyl (C=O) groups is 2. The van der Waals surface area contributed by atoms with E-state index in [0.717, 1.165) is 0 Å². The highest BCUT2D eigenvalue weighted by Gasteiger charge is 2.11. The third kappa shape index (κ3) is 6.63. The number of anilines is 1. The van der Waals surface area contributed by atoms with Gasteiger partial charge in [0.15, 0.2) is 6.29 Å². The molecule has 0 radical (unpaired) electrons. The van der Waals surface area contributed by atoms with Gasteiger partial charge in [-0.2, -0.15) is 5.26 Å². The highest BCUT2D eigenvalue weighted by atomic mass is 16.7. The minimum Gasteiger partial charge on any atom is -0.462 e. The average Bonchev–Trinajstić information content (AvgIpc) is 2.62. The zero-order chi connectivity index (χ0) is 18.7. The minimum absolute atomic E-state index is 0.111. The van der Waals surface area contributed by atoms with Gasteiger partial charge >= 0.3 is 5.97 Å². The second kappa shape index (κ2) is 10.8. The van der Waals surface area contributed by atoms with Crippen molar-refractivity contribution < 1.29 is 23.8 Å². The number of nitrogens with zero attached hydrogens (tertiary/aromatic N) is 1. The number of hydrogen-bond acceptors (Lipinski definition) is 7. The van der Waals surface area contributed by atoms with Crippen LogP contribution in [-0.2, 0) is 19.0 Å². The van der Waals surface area contributed by atoms with Crippen molar-refractivity contribution in [1.82, 2.24) is 5.32 Å². The Kier molecular flexibility index (Phi) is 8.71. The number of amides is 1. The summed E-state index contributed by atoms with van der Waals surface area (Å²) < 4.78 is 14.8. The number of methoxy groups -OCH3 is 2. The summed E-state index contributed by atoms with van der Waals surface area (Å²) in [6.07, 6.45) is 0.794. The standard InChI is InChI=1S/C17H21N3O5/c1-4-25-17(22)12-5-7-14(8-6-12)20-16(21)13(9-18)10-19-11-15(23-2)24-3/h5-8,10,15,19H,4,11H2,1-3H3,(H,20,21)/b13-10-. The predicted octanol–water partition coefficient (Wildman–Crippen LogP) is 1.42. The van der Waals surface area contributed by atoms with Crippen LogP contribution in [0, 0.1) is 11.3 Å². The molecule has 0 spiro atoms. The van der Waals surface area contributed by atoms with Crippen molar-refractivity contribution in [3.63, 3.8) is 0 Å². The molecule has 25 heavy (non-hydrogen) atoms. The fraction of sp³-hybridized carbons (Fsp3) is 0.353. The maximum absolute atomic E-state index is 12.1. The molecule has 0 atom stereocenters. The summed E-state index contributed by atoms with van der Waals surface area (Å²) in [5.41, 5.74) is 0.717. The molecule has 8 heteroatoms. The molecule has 0 aliphatic rings. The van der Waals surface area contributed by atoms with Crippen molar-refractivity contribution in [2.24, 2.45) is 0 Å². The highest BCUT2D eigenvalue weighted by Crippen LogP contribution is 2.11. The van der Waals surface area contributed by atoms with Gasteiger partial charge in [0.1, 0.15) is 11.6 Å². The van der Waals surface area contributed by atoms with Crippen molar-refractivity contribution >= 4 is 17.6 Å². The Hall–Kier alpha value is -2.89. The van der Waals surface area contributed by atoms with Gasteiger partial charge in [-0.3, -0.25) is 4.79 Å². The molecule has 1 aromatic rings. The minimum atomic E-state index is -0.578. The molecule has 1 aromatic carbocycles. The molecular weight excluding hydrogens is 326 g/mol. The molecule has 0 aliphatic carbocycles. The van der Waals surface area contributed by atoms with Gasteiger partial charge < -0.3 is 24.8 Å². The van der Waals surface area contributed by atoms with E-state index in [-0.39, 0.29) is 18.7 Å². The Balaban J connectivity index is 2.66. The van der Waals surface area contributed by atoms with Crippen molar-refractivity contribution in [2.75, 3.05) is 32.7 Å². The maximum Gasteiger partial charge on any atom is 0.338 e. The molecule has 1 amide bonds. The van der Waals surface area contributed by atoms with E-state index in [2.05, 4.69) is 10.6 Å². The van der Waals surface area contributed by atoms with E-state index in [4.69, 9.17) is 19.5 Å². The lowest BCUT2D eigenvalue weighted by molar-refractivity contribution is -0.112. The monoisotopic (exact) mass is 347 g/mol. The normalized spacial score (nSPS) is 10.9. The van der Waals surface area contributed by atoms with Gasteiger partial charge in [0, 0.05) is 26.1 Å². The first-order valence-corrected chi connectivity index (χ1v) is 7.53. The van der Waals surface area contributed by atoms with Crippen LogP contribution in [-0.4, -0.2) is 45.5 Å². The van der Waals surface area contributed by atoms with E-state index in [0.29, 0.717) is 11.3 Å². The van der Waals surface area contributed by atoms with Crippen LogP contribution in [0.4, 0.5) is 5.69 Å². The third-order valence-electron chi connectivity index (χ3n) is 3.08. The van der Waals surface area contributed by atoms with Crippen LogP contribution in [0.3, 0.4) is 0 Å². The van der Waals surface area contributed by atoms with Gasteiger partial charge in [-0.05, 0) is 31.2 Å². The topological polar surface area (TPSA) is 110 Å². The van der Waals surface area contributed by atoms with E-state index >= 15 is 0 Å². The van der Waals surface area contributed by atoms with E-state index in [1.807, 2.05) is 6.07 Å². The van der Waals surface area contributed by atoms with Gasteiger partial charge in [-0.1, -0.05) is 0 Å². The quantitative estimate of drug-likeness (QED) is 0.301. The van der Waals surface area contributed by atoms with Crippen LogP contribution in [0.2, 0.25) is 0 Å². The Labute approximate surface area is 146 Å². The van der Waals surface area contributed by atoms with Crippen LogP contribution in [0.5, 0.6) is 0 Å². The highest BCUT2D eigenvalue weighted by molar-refractivity contribution is 6.06. The van der Waals surface area contributed by atoms with Crippen LogP contribution in [0.15, 0.2) is 36.0 Å². The van der Waals surface area contributed by atoms with Crippen molar-refractivity contribution in [1.29, 1.82) is 5.26 Å². The first-order chi connectivity index (χ1) is 12.0. The second-order valence-electron chi connectivity index (χ2n) is 4.73. The Bertz CT molecular complexity index is 645. The Morgan fingerprint density at radius 2 is 1.88 bits per heavy atom. The van der Waals surface area contributed by atoms with Crippen LogP contribution in [0.1, 0.15) is 17.3 Å². The number of nitrogens with one attached hydrogen (secondary N) is 2. The lowest BCUT2D eigenvalue weighted by Gasteiger charge is -2.13. The van der Waals surface area contributed by atoms with Crippen LogP contribution >= 0.6 is 0 Å². The molecule has 8 nitrogen and oxygen atoms in total. The van der Waals surface area contributed by atoms with Gasteiger partial charge in [-0.25, -0.2) is 4.79 Å². The number of esters is 1. The molecule has 134 valence electrons. The summed E-state index contributed by atoms with van der Waals surface area (Å²) in [5, 5.41) is 14.4. The molecule has 0 saturated heterocycles. The van der Waals surface area contributed by atoms with E-state index in [1.54, 1.807) is 19.1 Å². The predicted molar refractivity (Wildman–Crippen MR) is 90.5 cm³/mol. The van der Waals surface area contributed by atoms with Gasteiger partial charge in [-0.15, -0.1) is 0 Å². The summed E-state index contributed by atoms with van der Waals surface area (Å²) in [5.74, 6) is -1.02. The molecule has 2 N–H and O–H groups in total. The number of benzene rings is 1. The number of ether oxygens (including phenoxy) is 3. The third-order valence-corrected chi connectivity index (χ3v) is 3.08. The van der Waals surface area contributed by atoms with Crippen molar-refractivity contribution in [3.8, 4) is 6.07 Å². The second-order valence-corrected chi connectivity index (χ2v) is 4.73. The molecule has 0 heterocycles. The summed E-state index contributed by atoms with van der Waals surface area (Å²) in [7, 11) is 2.97. The number of hydrogen-bond donors (Lipinski definition) is 2. The molecule has 1 rings (SSSR count). The molecule has 0 bridgehead atoms. The van der Waals surface area contributed by atoms with Crippen molar-refractivity contribution in [2.45, 2.75) is 13.2 Å². The fourth-order valence-electron chi connectivity index (χ4n) is 1.77. The largest absolute Gasteiger partial charge is 0.462 e. The Morgan fingerprint density at radius 1 is 1.24 bits per heavy atom. The van der Waals surface area contributed by atoms with E-state index in [1.165, 1.54) is 32.6 Å². The number of rotatable bonds is 9. The molecule has 0 unspecified atom stereocenters. The van der Waals surface area contributed by atoms with Gasteiger partial charge in [0.2, 0.25) is 0 Å². The summed E-state index contributed by atoms with van der Waals surface area (Å²) in [4.78, 5) is 23.6. The van der Waals surface area contributed by atoms with Gasteiger partial charge in [0.25, 0.3) is 5.91 Å². The summed E-state index contributed by atoms with van der Waals surface area (Å²) >= 11 is 0. The lowest BCUT2D eigenvalue weighted by atomic mass is 10.2. The van der Waals surface area contributed by atoms with Gasteiger partial charge in [0.05, 0.1) is 18.7 Å². The molecule has 0 aliphatic heterocycles. The van der Waals surface area contributed by atoms with Crippen LogP contribution in [0.25, 0.3) is 0 Å². The number of carbonyl (C=O) groups excluding carboxylic acids is 2. The fourth-order valence-corrected chi connectivity index (χ4v) is 1.77. The molecule has 0 aromatic heterocycles. The van der Waals surface area contributed by atoms with E-state index < -0.39 is 18.2 Å². The zero-order valence-electron chi connectivity index (χ0n) is 14.4. The van der Waals surface area contributed by atoms with Crippen molar-refractivity contribution in [3.05, 3.63) is 41.6 Å². The summed E-state index contributed by atoms with van der Waals surface area (Å²) in [6, 6.07) is 7.98. The molecule has 0 saturated carbocycles. The Morgan fingerprint density at radius 3 is 2.40 bits per heavy atom.